The van der Waals surface area contributed by atoms with Crippen LogP contribution in [0.3, 0.4) is 0 Å². The van der Waals surface area contributed by atoms with Gasteiger partial charge in [0, 0.05) is 36.4 Å². The summed E-state index contributed by atoms with van der Waals surface area (Å²) in [6.45, 7) is 4.37. The van der Waals surface area contributed by atoms with Gasteiger partial charge in [-0.05, 0) is 51.4 Å². The smallest absolute Gasteiger partial charge is 0.223 e. The highest BCUT2D eigenvalue weighted by Crippen LogP contribution is 2.46. The highest BCUT2D eigenvalue weighted by molar-refractivity contribution is 6.41. The summed E-state index contributed by atoms with van der Waals surface area (Å²) in [6, 6.07) is 3.76. The van der Waals surface area contributed by atoms with Crippen LogP contribution < -0.4 is 20.1 Å². The molecule has 0 radical (unpaired) electrons. The van der Waals surface area contributed by atoms with Gasteiger partial charge < -0.3 is 29.7 Å². The summed E-state index contributed by atoms with van der Waals surface area (Å²) in [6.07, 6.45) is 4.99. The zero-order valence-electron chi connectivity index (χ0n) is 21.3. The number of anilines is 2. The molecule has 1 atom stereocenters. The maximum Gasteiger partial charge on any atom is 0.223 e. The molecular weight excluding hydrogens is 515 g/mol. The molecule has 2 fully saturated rings. The number of halogens is 2. The second-order valence-electron chi connectivity index (χ2n) is 9.60. The average molecular weight is 547 g/mol. The van der Waals surface area contributed by atoms with Gasteiger partial charge in [-0.1, -0.05) is 23.2 Å². The lowest BCUT2D eigenvalue weighted by Gasteiger charge is -2.29. The predicted octanol–water partition coefficient (Wildman–Crippen LogP) is 4.97. The maximum atomic E-state index is 6.73. The molecule has 0 spiro atoms. The molecule has 11 heteroatoms. The number of methoxy groups -OCH3 is 2. The minimum atomic E-state index is 0.196. The van der Waals surface area contributed by atoms with Crippen LogP contribution in [0.2, 0.25) is 10.0 Å². The Morgan fingerprint density at radius 2 is 1.78 bits per heavy atom. The van der Waals surface area contributed by atoms with Crippen molar-refractivity contribution >= 4 is 45.9 Å². The Hall–Kier alpha value is -2.59. The van der Waals surface area contributed by atoms with Gasteiger partial charge in [0.15, 0.2) is 5.82 Å². The summed E-state index contributed by atoms with van der Waals surface area (Å²) in [4.78, 5) is 16.7. The van der Waals surface area contributed by atoms with Crippen LogP contribution >= 0.6 is 23.2 Å². The zero-order valence-corrected chi connectivity index (χ0v) is 22.8. The number of hydrogen-bond donors (Lipinski definition) is 2. The van der Waals surface area contributed by atoms with Crippen molar-refractivity contribution in [1.82, 2.24) is 19.9 Å². The number of likely N-dealkylation sites (tertiary alicyclic amines) is 1. The van der Waals surface area contributed by atoms with Crippen molar-refractivity contribution in [3.05, 3.63) is 28.4 Å². The molecule has 5 rings (SSSR count). The van der Waals surface area contributed by atoms with Gasteiger partial charge >= 0.3 is 0 Å². The second kappa shape index (κ2) is 11.4. The molecule has 1 aromatic carbocycles. The number of rotatable bonds is 8. The molecule has 198 valence electrons. The summed E-state index contributed by atoms with van der Waals surface area (Å²) in [5.74, 6) is 2.67. The third-order valence-electron chi connectivity index (χ3n) is 7.05. The first-order chi connectivity index (χ1) is 18.0. The fourth-order valence-corrected chi connectivity index (χ4v) is 5.50. The molecule has 2 aliphatic heterocycles. The van der Waals surface area contributed by atoms with E-state index in [0.717, 1.165) is 56.4 Å². The van der Waals surface area contributed by atoms with Crippen molar-refractivity contribution in [2.45, 2.75) is 25.3 Å². The molecular formula is C26H32Cl2N6O3. The number of ether oxygens (including phenoxy) is 3. The van der Waals surface area contributed by atoms with E-state index in [1.165, 1.54) is 0 Å². The van der Waals surface area contributed by atoms with Crippen molar-refractivity contribution in [2.75, 3.05) is 64.7 Å². The van der Waals surface area contributed by atoms with Crippen LogP contribution in [-0.4, -0.2) is 80.0 Å². The summed E-state index contributed by atoms with van der Waals surface area (Å²) in [5, 5.41) is 8.50. The third-order valence-corrected chi connectivity index (χ3v) is 7.81. The van der Waals surface area contributed by atoms with Crippen molar-refractivity contribution in [2.24, 2.45) is 5.92 Å². The fraction of sp³-hybridized carbons (Fsp3) is 0.500. The van der Waals surface area contributed by atoms with Crippen LogP contribution in [0.5, 0.6) is 11.5 Å². The summed E-state index contributed by atoms with van der Waals surface area (Å²) in [5.41, 5.74) is 1.85. The fourth-order valence-electron chi connectivity index (χ4n) is 4.81. The highest BCUT2D eigenvalue weighted by Gasteiger charge is 2.23. The Bertz CT molecular complexity index is 1230. The van der Waals surface area contributed by atoms with Crippen molar-refractivity contribution < 1.29 is 14.2 Å². The molecule has 2 saturated heterocycles. The van der Waals surface area contributed by atoms with E-state index in [9.17, 15) is 0 Å². The van der Waals surface area contributed by atoms with Gasteiger partial charge in [0.05, 0.1) is 42.6 Å². The lowest BCUT2D eigenvalue weighted by Crippen LogP contribution is -2.33. The summed E-state index contributed by atoms with van der Waals surface area (Å²) >= 11 is 13.5. The molecule has 2 aliphatic rings. The second-order valence-corrected chi connectivity index (χ2v) is 10.4. The first kappa shape index (κ1) is 26.0. The van der Waals surface area contributed by atoms with E-state index in [1.807, 2.05) is 6.07 Å². The SMILES string of the molecule is COc1cc(OC)c(Cl)c(-c2cc3cnc(NC4CCOC4)nc3c(NCC3CCN(C)CC3)n2)c1Cl. The van der Waals surface area contributed by atoms with Gasteiger partial charge in [0.25, 0.3) is 0 Å². The van der Waals surface area contributed by atoms with Crippen molar-refractivity contribution in [3.8, 4) is 22.8 Å². The number of hydrogen-bond acceptors (Lipinski definition) is 9. The van der Waals surface area contributed by atoms with Crippen LogP contribution in [0, 0.1) is 5.92 Å². The predicted molar refractivity (Wildman–Crippen MR) is 147 cm³/mol. The molecule has 2 N–H and O–H groups in total. The maximum absolute atomic E-state index is 6.73. The monoisotopic (exact) mass is 546 g/mol. The van der Waals surface area contributed by atoms with Crippen LogP contribution in [0.4, 0.5) is 11.8 Å². The van der Waals surface area contributed by atoms with Crippen LogP contribution in [0.25, 0.3) is 22.2 Å². The first-order valence-electron chi connectivity index (χ1n) is 12.5. The number of aromatic nitrogens is 3. The van der Waals surface area contributed by atoms with E-state index >= 15 is 0 Å². The van der Waals surface area contributed by atoms with Crippen LogP contribution in [-0.2, 0) is 4.74 Å². The minimum absolute atomic E-state index is 0.196. The topological polar surface area (TPSA) is 93.7 Å². The molecule has 37 heavy (non-hydrogen) atoms. The van der Waals surface area contributed by atoms with Gasteiger partial charge in [-0.15, -0.1) is 0 Å². The third kappa shape index (κ3) is 5.65. The Balaban J connectivity index is 1.56. The van der Waals surface area contributed by atoms with E-state index in [1.54, 1.807) is 26.5 Å². The van der Waals surface area contributed by atoms with Gasteiger partial charge in [-0.2, -0.15) is 0 Å². The molecule has 1 unspecified atom stereocenters. The molecule has 0 amide bonds. The van der Waals surface area contributed by atoms with Crippen molar-refractivity contribution in [3.63, 3.8) is 0 Å². The van der Waals surface area contributed by atoms with Crippen LogP contribution in [0.15, 0.2) is 18.3 Å². The number of nitrogens with zero attached hydrogens (tertiary/aromatic N) is 4. The number of pyridine rings is 1. The Morgan fingerprint density at radius 1 is 1.05 bits per heavy atom. The van der Waals surface area contributed by atoms with E-state index in [-0.39, 0.29) is 6.04 Å². The van der Waals surface area contributed by atoms with E-state index in [0.29, 0.717) is 57.1 Å². The van der Waals surface area contributed by atoms with E-state index < -0.39 is 0 Å². The molecule has 0 saturated carbocycles. The number of piperidine rings is 1. The first-order valence-corrected chi connectivity index (χ1v) is 13.3. The largest absolute Gasteiger partial charge is 0.495 e. The highest BCUT2D eigenvalue weighted by atomic mass is 35.5. The zero-order chi connectivity index (χ0) is 25.9. The Kier molecular flexibility index (Phi) is 8.04. The molecule has 0 bridgehead atoms. The summed E-state index contributed by atoms with van der Waals surface area (Å²) in [7, 11) is 5.27. The molecule has 2 aromatic heterocycles. The van der Waals surface area contributed by atoms with Gasteiger partial charge in [0.1, 0.15) is 17.0 Å². The quantitative estimate of drug-likeness (QED) is 0.406. The number of fused-ring (bicyclic) bond motifs is 1. The minimum Gasteiger partial charge on any atom is -0.495 e. The molecule has 9 nitrogen and oxygen atoms in total. The number of benzene rings is 1. The van der Waals surface area contributed by atoms with Gasteiger partial charge in [-0.3, -0.25) is 0 Å². The molecule has 3 aromatic rings. The lowest BCUT2D eigenvalue weighted by atomic mass is 9.97. The van der Waals surface area contributed by atoms with E-state index in [2.05, 4.69) is 27.6 Å². The Labute approximate surface area is 226 Å². The standard InChI is InChI=1S/C26H32Cl2N6O3/c1-34-7-4-15(5-8-34)12-29-25-24-16(13-30-26(33-24)31-17-6-9-37-14-17)10-18(32-25)21-22(27)19(35-2)11-20(36-3)23(21)28/h10-11,13,15,17H,4-9,12,14H2,1-3H3,(H,29,32)(H,30,31,33). The van der Waals surface area contributed by atoms with Crippen molar-refractivity contribution in [1.29, 1.82) is 0 Å². The van der Waals surface area contributed by atoms with Gasteiger partial charge in [0.2, 0.25) is 5.95 Å². The average Bonchev–Trinajstić information content (AvgIpc) is 3.42. The van der Waals surface area contributed by atoms with E-state index in [4.69, 9.17) is 47.4 Å². The molecule has 4 heterocycles. The Morgan fingerprint density at radius 3 is 2.43 bits per heavy atom. The summed E-state index contributed by atoms with van der Waals surface area (Å²) < 4.78 is 16.4. The molecule has 0 aliphatic carbocycles. The lowest BCUT2D eigenvalue weighted by molar-refractivity contribution is 0.195. The normalized spacial score (nSPS) is 18.8. The van der Waals surface area contributed by atoms with Crippen LogP contribution in [0.1, 0.15) is 19.3 Å². The number of nitrogens with one attached hydrogen (secondary N) is 2. The van der Waals surface area contributed by atoms with Gasteiger partial charge in [-0.25, -0.2) is 15.0 Å².